The Labute approximate surface area is 117 Å². The predicted octanol–water partition coefficient (Wildman–Crippen LogP) is 3.13. The Morgan fingerprint density at radius 1 is 1.37 bits per heavy atom. The lowest BCUT2D eigenvalue weighted by Crippen LogP contribution is -2.26. The first-order chi connectivity index (χ1) is 9.11. The molecule has 0 saturated carbocycles. The van der Waals surface area contributed by atoms with Crippen molar-refractivity contribution < 1.29 is 4.39 Å². The van der Waals surface area contributed by atoms with Gasteiger partial charge in [0.2, 0.25) is 0 Å². The number of hydrogen-bond donors (Lipinski definition) is 1. The molecule has 2 N–H and O–H groups in total. The average Bonchev–Trinajstić information content (AvgIpc) is 2.82. The highest BCUT2D eigenvalue weighted by Gasteiger charge is 2.21. The van der Waals surface area contributed by atoms with Crippen molar-refractivity contribution >= 4 is 11.8 Å². The third-order valence-corrected chi connectivity index (χ3v) is 4.55. The van der Waals surface area contributed by atoms with Crippen LogP contribution in [0.5, 0.6) is 0 Å². The van der Waals surface area contributed by atoms with Gasteiger partial charge in [-0.1, -0.05) is 30.8 Å². The van der Waals surface area contributed by atoms with E-state index in [0.717, 1.165) is 17.1 Å². The minimum absolute atomic E-state index is 0.00663. The molecule has 19 heavy (non-hydrogen) atoms. The SMILES string of the molecule is CCC(N)C(Sc1nccn1C)c1ccc(F)cc1. The zero-order chi connectivity index (χ0) is 13.8. The van der Waals surface area contributed by atoms with Crippen molar-refractivity contribution in [2.75, 3.05) is 0 Å². The summed E-state index contributed by atoms with van der Waals surface area (Å²) in [5.74, 6) is -0.227. The summed E-state index contributed by atoms with van der Waals surface area (Å²) in [6, 6.07) is 6.55. The van der Waals surface area contributed by atoms with Crippen molar-refractivity contribution in [2.45, 2.75) is 29.8 Å². The first-order valence-electron chi connectivity index (χ1n) is 6.27. The van der Waals surface area contributed by atoms with Crippen LogP contribution in [0, 0.1) is 5.82 Å². The van der Waals surface area contributed by atoms with Gasteiger partial charge in [0.1, 0.15) is 5.82 Å². The summed E-state index contributed by atoms with van der Waals surface area (Å²) >= 11 is 1.62. The number of rotatable bonds is 5. The van der Waals surface area contributed by atoms with Gasteiger partial charge >= 0.3 is 0 Å². The molecule has 0 aliphatic heterocycles. The number of halogens is 1. The molecule has 0 aliphatic carbocycles. The van der Waals surface area contributed by atoms with Gasteiger partial charge in [-0.25, -0.2) is 9.37 Å². The average molecular weight is 279 g/mol. The van der Waals surface area contributed by atoms with Crippen LogP contribution in [0.25, 0.3) is 0 Å². The van der Waals surface area contributed by atoms with Crippen LogP contribution in [0.4, 0.5) is 4.39 Å². The molecule has 102 valence electrons. The number of imidazole rings is 1. The Bertz CT molecular complexity index is 524. The highest BCUT2D eigenvalue weighted by Crippen LogP contribution is 2.37. The second kappa shape index (κ2) is 6.21. The number of aromatic nitrogens is 2. The van der Waals surface area contributed by atoms with E-state index in [-0.39, 0.29) is 17.1 Å². The second-order valence-electron chi connectivity index (χ2n) is 4.48. The Morgan fingerprint density at radius 3 is 2.58 bits per heavy atom. The molecule has 0 aliphatic rings. The van der Waals surface area contributed by atoms with Crippen LogP contribution < -0.4 is 5.73 Å². The standard InChI is InChI=1S/C14H18FN3S/c1-3-12(16)13(10-4-6-11(15)7-5-10)19-14-17-8-9-18(14)2/h4-9,12-13H,3,16H2,1-2H3. The van der Waals surface area contributed by atoms with E-state index in [1.165, 1.54) is 12.1 Å². The van der Waals surface area contributed by atoms with E-state index < -0.39 is 0 Å². The molecule has 2 rings (SSSR count). The lowest BCUT2D eigenvalue weighted by atomic mass is 10.0. The van der Waals surface area contributed by atoms with Gasteiger partial charge in [0.05, 0.1) is 5.25 Å². The summed E-state index contributed by atoms with van der Waals surface area (Å²) in [6.45, 7) is 2.06. The van der Waals surface area contributed by atoms with E-state index in [0.29, 0.717) is 0 Å². The maximum atomic E-state index is 13.0. The van der Waals surface area contributed by atoms with Crippen LogP contribution in [0.15, 0.2) is 41.8 Å². The molecule has 3 nitrogen and oxygen atoms in total. The molecule has 0 fully saturated rings. The predicted molar refractivity (Wildman–Crippen MR) is 76.5 cm³/mol. The molecular weight excluding hydrogens is 261 g/mol. The van der Waals surface area contributed by atoms with Crippen LogP contribution in [0.2, 0.25) is 0 Å². The summed E-state index contributed by atoms with van der Waals surface area (Å²) < 4.78 is 15.0. The lowest BCUT2D eigenvalue weighted by molar-refractivity contribution is 0.616. The molecule has 0 saturated heterocycles. The molecule has 1 heterocycles. The first kappa shape index (κ1) is 14.1. The smallest absolute Gasteiger partial charge is 0.168 e. The Kier molecular flexibility index (Phi) is 4.61. The van der Waals surface area contributed by atoms with Crippen molar-refractivity contribution in [3.8, 4) is 0 Å². The Hall–Kier alpha value is -1.33. The molecule has 2 unspecified atom stereocenters. The third-order valence-electron chi connectivity index (χ3n) is 3.07. The topological polar surface area (TPSA) is 43.8 Å². The van der Waals surface area contributed by atoms with Crippen LogP contribution in [-0.4, -0.2) is 15.6 Å². The maximum absolute atomic E-state index is 13.0. The van der Waals surface area contributed by atoms with E-state index in [4.69, 9.17) is 5.73 Å². The third kappa shape index (κ3) is 3.36. The zero-order valence-electron chi connectivity index (χ0n) is 11.1. The molecule has 1 aromatic carbocycles. The van der Waals surface area contributed by atoms with E-state index in [9.17, 15) is 4.39 Å². The highest BCUT2D eigenvalue weighted by molar-refractivity contribution is 7.99. The van der Waals surface area contributed by atoms with E-state index in [1.807, 2.05) is 17.8 Å². The van der Waals surface area contributed by atoms with Crippen molar-refractivity contribution in [2.24, 2.45) is 12.8 Å². The van der Waals surface area contributed by atoms with Gasteiger partial charge in [0, 0.05) is 25.5 Å². The molecule has 5 heteroatoms. The monoisotopic (exact) mass is 279 g/mol. The number of thioether (sulfide) groups is 1. The second-order valence-corrected chi connectivity index (χ2v) is 5.59. The van der Waals surface area contributed by atoms with Gasteiger partial charge in [0.25, 0.3) is 0 Å². The van der Waals surface area contributed by atoms with Crippen LogP contribution in [-0.2, 0) is 7.05 Å². The fourth-order valence-corrected chi connectivity index (χ4v) is 3.08. The number of benzene rings is 1. The fraction of sp³-hybridized carbons (Fsp3) is 0.357. The number of hydrogen-bond acceptors (Lipinski definition) is 3. The summed E-state index contributed by atoms with van der Waals surface area (Å²) in [7, 11) is 1.95. The molecule has 0 amide bonds. The van der Waals surface area contributed by atoms with Crippen molar-refractivity contribution in [1.82, 2.24) is 9.55 Å². The van der Waals surface area contributed by atoms with Crippen LogP contribution in [0.3, 0.4) is 0 Å². The summed E-state index contributed by atoms with van der Waals surface area (Å²) in [6.07, 6.45) is 4.53. The first-order valence-corrected chi connectivity index (χ1v) is 7.14. The van der Waals surface area contributed by atoms with Crippen molar-refractivity contribution in [3.05, 3.63) is 48.0 Å². The molecule has 2 aromatic rings. The summed E-state index contributed by atoms with van der Waals surface area (Å²) in [4.78, 5) is 4.31. The Balaban J connectivity index is 2.26. The van der Waals surface area contributed by atoms with Crippen molar-refractivity contribution in [1.29, 1.82) is 0 Å². The molecular formula is C14H18FN3S. The molecule has 1 aromatic heterocycles. The van der Waals surface area contributed by atoms with Crippen molar-refractivity contribution in [3.63, 3.8) is 0 Å². The lowest BCUT2D eigenvalue weighted by Gasteiger charge is -2.22. The maximum Gasteiger partial charge on any atom is 0.168 e. The fourth-order valence-electron chi connectivity index (χ4n) is 1.85. The Morgan fingerprint density at radius 2 is 2.05 bits per heavy atom. The molecule has 0 spiro atoms. The number of nitrogens with zero attached hydrogens (tertiary/aromatic N) is 2. The molecule has 0 radical (unpaired) electrons. The number of nitrogens with two attached hydrogens (primary N) is 1. The van der Waals surface area contributed by atoms with E-state index >= 15 is 0 Å². The molecule has 0 bridgehead atoms. The largest absolute Gasteiger partial charge is 0.329 e. The van der Waals surface area contributed by atoms with Crippen LogP contribution >= 0.6 is 11.8 Å². The summed E-state index contributed by atoms with van der Waals surface area (Å²) in [5.41, 5.74) is 7.23. The normalized spacial score (nSPS) is 14.3. The van der Waals surface area contributed by atoms with E-state index in [2.05, 4.69) is 11.9 Å². The van der Waals surface area contributed by atoms with Gasteiger partial charge in [0.15, 0.2) is 5.16 Å². The molecule has 2 atom stereocenters. The van der Waals surface area contributed by atoms with Gasteiger partial charge in [-0.3, -0.25) is 0 Å². The number of aryl methyl sites for hydroxylation is 1. The van der Waals surface area contributed by atoms with Gasteiger partial charge in [-0.2, -0.15) is 0 Å². The zero-order valence-corrected chi connectivity index (χ0v) is 11.9. The van der Waals surface area contributed by atoms with Gasteiger partial charge < -0.3 is 10.3 Å². The van der Waals surface area contributed by atoms with E-state index in [1.54, 1.807) is 30.1 Å². The highest BCUT2D eigenvalue weighted by atomic mass is 32.2. The minimum Gasteiger partial charge on any atom is -0.329 e. The van der Waals surface area contributed by atoms with Crippen LogP contribution in [0.1, 0.15) is 24.2 Å². The minimum atomic E-state index is -0.227. The van der Waals surface area contributed by atoms with Gasteiger partial charge in [-0.05, 0) is 24.1 Å². The summed E-state index contributed by atoms with van der Waals surface area (Å²) in [5, 5.41) is 0.991. The van der Waals surface area contributed by atoms with Gasteiger partial charge in [-0.15, -0.1) is 0 Å². The quantitative estimate of drug-likeness (QED) is 0.855.